The molecule has 1 unspecified atom stereocenters. The van der Waals surface area contributed by atoms with Crippen molar-refractivity contribution in [3.8, 4) is 0 Å². The highest BCUT2D eigenvalue weighted by molar-refractivity contribution is 5.84. The molecule has 6 nitrogen and oxygen atoms in total. The predicted molar refractivity (Wildman–Crippen MR) is 132 cm³/mol. The second-order valence-corrected chi connectivity index (χ2v) is 9.47. The van der Waals surface area contributed by atoms with Gasteiger partial charge in [0.25, 0.3) is 0 Å². The minimum Gasteiger partial charge on any atom is -0.368 e. The van der Waals surface area contributed by atoms with E-state index in [2.05, 4.69) is 90.6 Å². The normalized spacial score (nSPS) is 20.1. The van der Waals surface area contributed by atoms with Gasteiger partial charge in [0.1, 0.15) is 11.5 Å². The van der Waals surface area contributed by atoms with Gasteiger partial charge < -0.3 is 19.3 Å². The highest BCUT2D eigenvalue weighted by atomic mass is 15.3. The van der Waals surface area contributed by atoms with Crippen molar-refractivity contribution in [3.63, 3.8) is 0 Å². The van der Waals surface area contributed by atoms with Crippen LogP contribution in [-0.4, -0.2) is 65.2 Å². The molecule has 0 radical (unpaired) electrons. The van der Waals surface area contributed by atoms with Crippen LogP contribution in [0.4, 0.5) is 11.5 Å². The number of pyridine rings is 1. The van der Waals surface area contributed by atoms with Crippen molar-refractivity contribution < 1.29 is 0 Å². The van der Waals surface area contributed by atoms with Gasteiger partial charge in [-0.15, -0.1) is 0 Å². The van der Waals surface area contributed by atoms with Crippen LogP contribution >= 0.6 is 0 Å². The molecule has 2 aliphatic heterocycles. The van der Waals surface area contributed by atoms with Crippen LogP contribution in [0.2, 0.25) is 0 Å². The van der Waals surface area contributed by atoms with Crippen molar-refractivity contribution in [2.45, 2.75) is 19.4 Å². The maximum absolute atomic E-state index is 4.43. The molecule has 1 aromatic carbocycles. The van der Waals surface area contributed by atoms with Crippen LogP contribution in [0.1, 0.15) is 12.8 Å². The summed E-state index contributed by atoms with van der Waals surface area (Å²) < 4.78 is 4.66. The van der Waals surface area contributed by atoms with Gasteiger partial charge in [0.15, 0.2) is 0 Å². The minimum atomic E-state index is 0.841. The van der Waals surface area contributed by atoms with Crippen LogP contribution < -0.4 is 9.80 Å². The van der Waals surface area contributed by atoms with Gasteiger partial charge in [-0.1, -0.05) is 12.1 Å². The fraction of sp³-hybridized carbons (Fsp3) is 0.423. The lowest BCUT2D eigenvalue weighted by molar-refractivity contribution is 0.381. The highest BCUT2D eigenvalue weighted by Crippen LogP contribution is 2.27. The number of benzene rings is 1. The molecule has 1 atom stereocenters. The van der Waals surface area contributed by atoms with Gasteiger partial charge in [-0.2, -0.15) is 0 Å². The van der Waals surface area contributed by atoms with Gasteiger partial charge in [-0.25, -0.2) is 4.98 Å². The topological polar surface area (TPSA) is 31.9 Å². The molecule has 2 saturated heterocycles. The van der Waals surface area contributed by atoms with Crippen LogP contribution in [0.3, 0.4) is 0 Å². The molecule has 0 saturated carbocycles. The standard InChI is InChI=1S/C26H32N6/c1-28-11-7-21(20-28)8-12-30-13-9-22-5-6-23(19-24(22)30)29-15-17-31(18-16-29)26-4-2-3-25-27-10-14-32(25)26/h2-6,9-10,13-14,19,21H,7-8,11-12,15-18,20H2,1H3. The number of nitrogens with zero attached hydrogens (tertiary/aromatic N) is 6. The summed E-state index contributed by atoms with van der Waals surface area (Å²) in [6.45, 7) is 7.73. The molecule has 0 spiro atoms. The van der Waals surface area contributed by atoms with Gasteiger partial charge in [-0.3, -0.25) is 4.40 Å². The van der Waals surface area contributed by atoms with Gasteiger partial charge >= 0.3 is 0 Å². The summed E-state index contributed by atoms with van der Waals surface area (Å²) in [5.41, 5.74) is 3.73. The molecule has 3 aromatic heterocycles. The Balaban J connectivity index is 1.16. The Morgan fingerprint density at radius 1 is 0.938 bits per heavy atom. The summed E-state index contributed by atoms with van der Waals surface area (Å²) in [5.74, 6) is 2.08. The summed E-state index contributed by atoms with van der Waals surface area (Å²) >= 11 is 0. The number of aromatic nitrogens is 3. The van der Waals surface area contributed by atoms with Crippen LogP contribution in [0.5, 0.6) is 0 Å². The lowest BCUT2D eigenvalue weighted by Crippen LogP contribution is -2.47. The number of aryl methyl sites for hydroxylation is 1. The van der Waals surface area contributed by atoms with Gasteiger partial charge in [0.2, 0.25) is 0 Å². The first-order chi connectivity index (χ1) is 15.7. The third-order valence-electron chi connectivity index (χ3n) is 7.40. The Bertz CT molecular complexity index is 1220. The molecule has 166 valence electrons. The third-order valence-corrected chi connectivity index (χ3v) is 7.40. The largest absolute Gasteiger partial charge is 0.368 e. The van der Waals surface area contributed by atoms with Crippen molar-refractivity contribution in [2.24, 2.45) is 5.92 Å². The van der Waals surface area contributed by atoms with E-state index in [4.69, 9.17) is 0 Å². The summed E-state index contributed by atoms with van der Waals surface area (Å²) in [5, 5.41) is 1.35. The average Bonchev–Trinajstić information content (AvgIpc) is 3.57. The Hall–Kier alpha value is -2.99. The minimum absolute atomic E-state index is 0.841. The molecule has 2 fully saturated rings. The number of rotatable bonds is 5. The summed E-state index contributed by atoms with van der Waals surface area (Å²) in [4.78, 5) is 11.9. The Labute approximate surface area is 189 Å². The van der Waals surface area contributed by atoms with E-state index in [-0.39, 0.29) is 0 Å². The molecular formula is C26H32N6. The van der Waals surface area contributed by atoms with E-state index in [1.165, 1.54) is 48.3 Å². The second kappa shape index (κ2) is 8.17. The van der Waals surface area contributed by atoms with Crippen molar-refractivity contribution in [1.29, 1.82) is 0 Å². The molecular weight excluding hydrogens is 396 g/mol. The Morgan fingerprint density at radius 3 is 2.66 bits per heavy atom. The summed E-state index contributed by atoms with van der Waals surface area (Å²) in [6, 6.07) is 15.6. The summed E-state index contributed by atoms with van der Waals surface area (Å²) in [6.07, 6.45) is 8.83. The predicted octanol–water partition coefficient (Wildman–Crippen LogP) is 3.96. The maximum Gasteiger partial charge on any atom is 0.138 e. The number of piperazine rings is 1. The van der Waals surface area contributed by atoms with E-state index in [1.54, 1.807) is 0 Å². The van der Waals surface area contributed by atoms with Crippen LogP contribution in [-0.2, 0) is 6.54 Å². The Morgan fingerprint density at radius 2 is 1.81 bits per heavy atom. The second-order valence-electron chi connectivity index (χ2n) is 9.47. The molecule has 6 rings (SSSR count). The first-order valence-corrected chi connectivity index (χ1v) is 11.9. The molecule has 0 N–H and O–H groups in total. The summed E-state index contributed by atoms with van der Waals surface area (Å²) in [7, 11) is 2.24. The maximum atomic E-state index is 4.43. The van der Waals surface area contributed by atoms with E-state index >= 15 is 0 Å². The van der Waals surface area contributed by atoms with Crippen molar-refractivity contribution in [2.75, 3.05) is 56.1 Å². The fourth-order valence-corrected chi connectivity index (χ4v) is 5.53. The van der Waals surface area contributed by atoms with Crippen molar-refractivity contribution in [1.82, 2.24) is 18.9 Å². The zero-order chi connectivity index (χ0) is 21.5. The monoisotopic (exact) mass is 428 g/mol. The molecule has 6 heteroatoms. The molecule has 0 aliphatic carbocycles. The quantitative estimate of drug-likeness (QED) is 0.482. The lowest BCUT2D eigenvalue weighted by atomic mass is 10.1. The van der Waals surface area contributed by atoms with Crippen LogP contribution in [0.25, 0.3) is 16.6 Å². The van der Waals surface area contributed by atoms with Crippen LogP contribution in [0, 0.1) is 5.92 Å². The molecule has 2 aliphatic rings. The molecule has 32 heavy (non-hydrogen) atoms. The van der Waals surface area contributed by atoms with E-state index in [9.17, 15) is 0 Å². The number of fused-ring (bicyclic) bond motifs is 2. The highest BCUT2D eigenvalue weighted by Gasteiger charge is 2.21. The number of imidazole rings is 1. The van der Waals surface area contributed by atoms with Crippen molar-refractivity contribution >= 4 is 28.1 Å². The molecule has 5 heterocycles. The van der Waals surface area contributed by atoms with Gasteiger partial charge in [0.05, 0.1) is 5.52 Å². The smallest absolute Gasteiger partial charge is 0.138 e. The number of anilines is 2. The zero-order valence-corrected chi connectivity index (χ0v) is 18.9. The zero-order valence-electron chi connectivity index (χ0n) is 18.9. The van der Waals surface area contributed by atoms with E-state index in [0.717, 1.165) is 44.3 Å². The van der Waals surface area contributed by atoms with E-state index in [0.29, 0.717) is 0 Å². The first-order valence-electron chi connectivity index (χ1n) is 11.9. The molecule has 4 aromatic rings. The van der Waals surface area contributed by atoms with E-state index < -0.39 is 0 Å². The number of hydrogen-bond donors (Lipinski definition) is 0. The number of hydrogen-bond acceptors (Lipinski definition) is 4. The van der Waals surface area contributed by atoms with Gasteiger partial charge in [-0.05, 0) is 68.1 Å². The Kier molecular flexibility index (Phi) is 5.02. The van der Waals surface area contributed by atoms with E-state index in [1.807, 2.05) is 6.20 Å². The molecule has 0 amide bonds. The van der Waals surface area contributed by atoms with Crippen LogP contribution in [0.15, 0.2) is 61.1 Å². The lowest BCUT2D eigenvalue weighted by Gasteiger charge is -2.37. The molecule has 0 bridgehead atoms. The fourth-order valence-electron chi connectivity index (χ4n) is 5.53. The SMILES string of the molecule is CN1CCC(CCn2ccc3ccc(N4CCN(c5cccc6nccn56)CC4)cc32)C1. The first kappa shape index (κ1) is 19.7. The third kappa shape index (κ3) is 3.62. The average molecular weight is 429 g/mol. The van der Waals surface area contributed by atoms with Gasteiger partial charge in [0, 0.05) is 63.5 Å². The number of likely N-dealkylation sites (tertiary alicyclic amines) is 1. The van der Waals surface area contributed by atoms with Crippen molar-refractivity contribution in [3.05, 3.63) is 61.1 Å².